The molecule has 1 aromatic carbocycles. The van der Waals surface area contributed by atoms with Gasteiger partial charge in [0, 0.05) is 6.08 Å². The lowest BCUT2D eigenvalue weighted by Crippen LogP contribution is -2.46. The first-order valence-corrected chi connectivity index (χ1v) is 6.01. The van der Waals surface area contributed by atoms with Crippen LogP contribution in [0.5, 0.6) is 5.75 Å². The maximum atomic E-state index is 13.4. The SMILES string of the molecule is COc1ccc(C=CC(=O)NCC(C)(O)C(=O)O)cc1F. The van der Waals surface area contributed by atoms with E-state index in [2.05, 4.69) is 5.32 Å². The molecule has 0 aromatic heterocycles. The highest BCUT2D eigenvalue weighted by Gasteiger charge is 2.29. The summed E-state index contributed by atoms with van der Waals surface area (Å²) in [7, 11) is 1.34. The van der Waals surface area contributed by atoms with Crippen LogP contribution in [0.15, 0.2) is 24.3 Å². The van der Waals surface area contributed by atoms with Crippen molar-refractivity contribution in [3.63, 3.8) is 0 Å². The summed E-state index contributed by atoms with van der Waals surface area (Å²) in [5, 5.41) is 20.3. The number of halogens is 1. The average Bonchev–Trinajstić information content (AvgIpc) is 2.43. The average molecular weight is 297 g/mol. The maximum Gasteiger partial charge on any atom is 0.337 e. The highest BCUT2D eigenvalue weighted by atomic mass is 19.1. The van der Waals surface area contributed by atoms with E-state index < -0.39 is 29.8 Å². The van der Waals surface area contributed by atoms with Gasteiger partial charge in [-0.1, -0.05) is 6.07 Å². The lowest BCUT2D eigenvalue weighted by molar-refractivity contribution is -0.156. The van der Waals surface area contributed by atoms with Gasteiger partial charge in [0.05, 0.1) is 13.7 Å². The standard InChI is InChI=1S/C14H16FNO5/c1-14(20,13(18)19)8-16-12(17)6-4-9-3-5-11(21-2)10(15)7-9/h3-7,20H,8H2,1-2H3,(H,16,17)(H,18,19). The van der Waals surface area contributed by atoms with Crippen LogP contribution in [0.25, 0.3) is 6.08 Å². The van der Waals surface area contributed by atoms with Crippen LogP contribution >= 0.6 is 0 Å². The van der Waals surface area contributed by atoms with E-state index in [0.717, 1.165) is 13.0 Å². The summed E-state index contributed by atoms with van der Waals surface area (Å²) in [6, 6.07) is 4.16. The number of methoxy groups -OCH3 is 1. The second-order valence-electron chi connectivity index (χ2n) is 4.52. The number of benzene rings is 1. The van der Waals surface area contributed by atoms with Crippen molar-refractivity contribution in [2.24, 2.45) is 0 Å². The Labute approximate surface area is 120 Å². The number of carboxylic acids is 1. The molecule has 1 aromatic rings. The van der Waals surface area contributed by atoms with Gasteiger partial charge in [-0.3, -0.25) is 4.79 Å². The smallest absolute Gasteiger partial charge is 0.337 e. The highest BCUT2D eigenvalue weighted by Crippen LogP contribution is 2.18. The molecular weight excluding hydrogens is 281 g/mol. The van der Waals surface area contributed by atoms with Crippen molar-refractivity contribution >= 4 is 18.0 Å². The number of carboxylic acid groups (broad SMARTS) is 1. The number of hydrogen-bond donors (Lipinski definition) is 3. The van der Waals surface area contributed by atoms with Crippen molar-refractivity contribution in [1.29, 1.82) is 0 Å². The van der Waals surface area contributed by atoms with E-state index in [9.17, 15) is 19.1 Å². The van der Waals surface area contributed by atoms with Crippen molar-refractivity contribution in [3.05, 3.63) is 35.7 Å². The van der Waals surface area contributed by atoms with E-state index in [-0.39, 0.29) is 5.75 Å². The molecule has 0 aliphatic carbocycles. The Bertz CT molecular complexity index is 568. The summed E-state index contributed by atoms with van der Waals surface area (Å²) in [5.74, 6) is -2.51. The molecule has 0 radical (unpaired) electrons. The lowest BCUT2D eigenvalue weighted by atomic mass is 10.1. The first-order chi connectivity index (χ1) is 9.76. The predicted molar refractivity (Wildman–Crippen MR) is 73.3 cm³/mol. The third-order valence-electron chi connectivity index (χ3n) is 2.67. The van der Waals surface area contributed by atoms with Crippen LogP contribution in [0.4, 0.5) is 4.39 Å². The quantitative estimate of drug-likeness (QED) is 0.675. The van der Waals surface area contributed by atoms with Gasteiger partial charge in [0.2, 0.25) is 5.91 Å². The summed E-state index contributed by atoms with van der Waals surface area (Å²) in [4.78, 5) is 22.1. The minimum atomic E-state index is -2.05. The van der Waals surface area contributed by atoms with E-state index >= 15 is 0 Å². The summed E-state index contributed by atoms with van der Waals surface area (Å²) in [5.41, 5.74) is -1.61. The predicted octanol–water partition coefficient (Wildman–Crippen LogP) is 0.799. The van der Waals surface area contributed by atoms with Crippen LogP contribution in [0.3, 0.4) is 0 Å². The van der Waals surface area contributed by atoms with Crippen LogP contribution in [-0.4, -0.2) is 41.3 Å². The third-order valence-corrected chi connectivity index (χ3v) is 2.67. The molecule has 6 nitrogen and oxygen atoms in total. The molecule has 1 unspecified atom stereocenters. The molecule has 0 heterocycles. The molecule has 1 atom stereocenters. The number of rotatable bonds is 6. The zero-order valence-corrected chi connectivity index (χ0v) is 11.6. The van der Waals surface area contributed by atoms with E-state index in [4.69, 9.17) is 9.84 Å². The Kier molecular flexibility index (Phi) is 5.43. The monoisotopic (exact) mass is 297 g/mol. The normalized spacial score (nSPS) is 13.7. The van der Waals surface area contributed by atoms with E-state index in [1.165, 1.54) is 25.3 Å². The third kappa shape index (κ3) is 4.88. The summed E-state index contributed by atoms with van der Waals surface area (Å²) >= 11 is 0. The van der Waals surface area contributed by atoms with Gasteiger partial charge in [-0.2, -0.15) is 0 Å². The number of carbonyl (C=O) groups excluding carboxylic acids is 1. The summed E-state index contributed by atoms with van der Waals surface area (Å²) in [6.45, 7) is 0.626. The molecular formula is C14H16FNO5. The number of ether oxygens (including phenoxy) is 1. The van der Waals surface area contributed by atoms with Crippen molar-refractivity contribution in [2.45, 2.75) is 12.5 Å². The Morgan fingerprint density at radius 3 is 2.67 bits per heavy atom. The van der Waals surface area contributed by atoms with Gasteiger partial charge < -0.3 is 20.3 Å². The van der Waals surface area contributed by atoms with Gasteiger partial charge in [0.25, 0.3) is 0 Å². The fourth-order valence-electron chi connectivity index (χ4n) is 1.35. The van der Waals surface area contributed by atoms with E-state index in [0.29, 0.717) is 5.56 Å². The Morgan fingerprint density at radius 2 is 2.14 bits per heavy atom. The molecule has 0 aliphatic rings. The Morgan fingerprint density at radius 1 is 1.48 bits per heavy atom. The van der Waals surface area contributed by atoms with Gasteiger partial charge in [-0.15, -0.1) is 0 Å². The van der Waals surface area contributed by atoms with Crippen LogP contribution in [0, 0.1) is 5.82 Å². The molecule has 21 heavy (non-hydrogen) atoms. The molecule has 0 saturated heterocycles. The van der Waals surface area contributed by atoms with Gasteiger partial charge in [0.1, 0.15) is 0 Å². The zero-order chi connectivity index (χ0) is 16.0. The topological polar surface area (TPSA) is 95.9 Å². The molecule has 0 saturated carbocycles. The van der Waals surface area contributed by atoms with Gasteiger partial charge >= 0.3 is 5.97 Å². The first-order valence-electron chi connectivity index (χ1n) is 6.01. The first kappa shape index (κ1) is 16.6. The fraction of sp³-hybridized carbons (Fsp3) is 0.286. The number of amides is 1. The van der Waals surface area contributed by atoms with E-state index in [1.54, 1.807) is 6.07 Å². The highest BCUT2D eigenvalue weighted by molar-refractivity contribution is 5.92. The number of carbonyl (C=O) groups is 2. The molecule has 7 heteroatoms. The van der Waals surface area contributed by atoms with Gasteiger partial charge in [-0.05, 0) is 30.7 Å². The maximum absolute atomic E-state index is 13.4. The largest absolute Gasteiger partial charge is 0.494 e. The zero-order valence-electron chi connectivity index (χ0n) is 11.6. The van der Waals surface area contributed by atoms with Crippen molar-refractivity contribution in [1.82, 2.24) is 5.32 Å². The molecule has 0 fully saturated rings. The molecule has 1 amide bonds. The van der Waals surface area contributed by atoms with Crippen LogP contribution in [0.2, 0.25) is 0 Å². The van der Waals surface area contributed by atoms with Gasteiger partial charge in [-0.25, -0.2) is 9.18 Å². The molecule has 3 N–H and O–H groups in total. The number of aliphatic carboxylic acids is 1. The number of nitrogens with one attached hydrogen (secondary N) is 1. The molecule has 0 aliphatic heterocycles. The molecule has 0 bridgehead atoms. The minimum Gasteiger partial charge on any atom is -0.494 e. The van der Waals surface area contributed by atoms with Crippen molar-refractivity contribution < 1.29 is 28.9 Å². The number of aliphatic hydroxyl groups is 1. The van der Waals surface area contributed by atoms with Crippen molar-refractivity contribution in [3.8, 4) is 5.75 Å². The minimum absolute atomic E-state index is 0.0918. The molecule has 114 valence electrons. The van der Waals surface area contributed by atoms with E-state index in [1.807, 2.05) is 0 Å². The van der Waals surface area contributed by atoms with Crippen molar-refractivity contribution in [2.75, 3.05) is 13.7 Å². The lowest BCUT2D eigenvalue weighted by Gasteiger charge is -2.17. The summed E-state index contributed by atoms with van der Waals surface area (Å²) in [6.07, 6.45) is 2.46. The molecule has 1 rings (SSSR count). The van der Waals surface area contributed by atoms with Crippen LogP contribution in [-0.2, 0) is 9.59 Å². The fourth-order valence-corrected chi connectivity index (χ4v) is 1.35. The summed E-state index contributed by atoms with van der Waals surface area (Å²) < 4.78 is 18.2. The Balaban J connectivity index is 2.62. The van der Waals surface area contributed by atoms with Gasteiger partial charge in [0.15, 0.2) is 17.2 Å². The second kappa shape index (κ2) is 6.85. The number of hydrogen-bond acceptors (Lipinski definition) is 4. The van der Waals surface area contributed by atoms with Crippen LogP contribution in [0.1, 0.15) is 12.5 Å². The Hall–Kier alpha value is -2.41. The molecule has 0 spiro atoms. The van der Waals surface area contributed by atoms with Crippen LogP contribution < -0.4 is 10.1 Å². The second-order valence-corrected chi connectivity index (χ2v) is 4.52.